The molecule has 0 saturated heterocycles. The number of ether oxygens (including phenoxy) is 1. The quantitative estimate of drug-likeness (QED) is 0.784. The van der Waals surface area contributed by atoms with Crippen LogP contribution in [0, 0.1) is 0 Å². The molecule has 3 heterocycles. The van der Waals surface area contributed by atoms with Crippen molar-refractivity contribution in [3.63, 3.8) is 0 Å². The molecule has 1 aromatic carbocycles. The number of rotatable bonds is 4. The molecule has 7 nitrogen and oxygen atoms in total. The van der Waals surface area contributed by atoms with Crippen molar-refractivity contribution in [1.82, 2.24) is 20.4 Å². The highest BCUT2D eigenvalue weighted by Crippen LogP contribution is 2.27. The standard InChI is InChI=1S/C18H16N4O3/c23-18(16-14-4-2-1-3-12(14)7-10-24-16)20-11-15-21-17(22-25-15)13-5-8-19-9-6-13/h1-6,8-9,16H,7,10-11H2,(H,20,23). The molecule has 1 N–H and O–H groups in total. The molecule has 126 valence electrons. The van der Waals surface area contributed by atoms with Crippen molar-refractivity contribution in [3.8, 4) is 11.4 Å². The lowest BCUT2D eigenvalue weighted by molar-refractivity contribution is -0.134. The molecule has 0 aliphatic carbocycles. The number of carbonyl (C=O) groups is 1. The molecule has 1 amide bonds. The third-order valence-corrected chi connectivity index (χ3v) is 4.05. The highest BCUT2D eigenvalue weighted by Gasteiger charge is 2.27. The minimum absolute atomic E-state index is 0.152. The number of hydrogen-bond acceptors (Lipinski definition) is 6. The molecule has 1 aliphatic rings. The lowest BCUT2D eigenvalue weighted by Crippen LogP contribution is -2.33. The number of carbonyl (C=O) groups excluding carboxylic acids is 1. The van der Waals surface area contributed by atoms with Crippen LogP contribution < -0.4 is 5.32 Å². The molecule has 1 aliphatic heterocycles. The van der Waals surface area contributed by atoms with Crippen LogP contribution in [0.25, 0.3) is 11.4 Å². The fraction of sp³-hybridized carbons (Fsp3) is 0.222. The van der Waals surface area contributed by atoms with Crippen LogP contribution in [0.15, 0.2) is 53.3 Å². The van der Waals surface area contributed by atoms with E-state index < -0.39 is 6.10 Å². The Hall–Kier alpha value is -3.06. The van der Waals surface area contributed by atoms with Gasteiger partial charge in [0.25, 0.3) is 5.91 Å². The molecule has 2 aromatic heterocycles. The Kier molecular flexibility index (Phi) is 4.22. The molecule has 3 aromatic rings. The highest BCUT2D eigenvalue weighted by molar-refractivity contribution is 5.82. The largest absolute Gasteiger partial charge is 0.363 e. The molecule has 25 heavy (non-hydrogen) atoms. The summed E-state index contributed by atoms with van der Waals surface area (Å²) in [5.41, 5.74) is 2.86. The van der Waals surface area contributed by atoms with E-state index in [2.05, 4.69) is 20.4 Å². The molecule has 7 heteroatoms. The van der Waals surface area contributed by atoms with Gasteiger partial charge in [-0.1, -0.05) is 29.4 Å². The van der Waals surface area contributed by atoms with Crippen molar-refractivity contribution in [2.45, 2.75) is 19.1 Å². The van der Waals surface area contributed by atoms with Crippen molar-refractivity contribution in [2.24, 2.45) is 0 Å². The number of nitrogens with zero attached hydrogens (tertiary/aromatic N) is 3. The molecular formula is C18H16N4O3. The van der Waals surface area contributed by atoms with E-state index in [1.165, 1.54) is 0 Å². The molecule has 0 fully saturated rings. The topological polar surface area (TPSA) is 90.1 Å². The summed E-state index contributed by atoms with van der Waals surface area (Å²) in [5.74, 6) is 0.589. The van der Waals surface area contributed by atoms with E-state index in [0.29, 0.717) is 18.3 Å². The van der Waals surface area contributed by atoms with Crippen LogP contribution in [0.3, 0.4) is 0 Å². The molecule has 1 unspecified atom stereocenters. The van der Waals surface area contributed by atoms with E-state index in [1.807, 2.05) is 24.3 Å². The van der Waals surface area contributed by atoms with Crippen LogP contribution in [-0.4, -0.2) is 27.6 Å². The van der Waals surface area contributed by atoms with Crippen LogP contribution in [-0.2, 0) is 22.5 Å². The molecular weight excluding hydrogens is 320 g/mol. The van der Waals surface area contributed by atoms with Gasteiger partial charge in [0.05, 0.1) is 13.2 Å². The normalized spacial score (nSPS) is 16.2. The molecule has 0 spiro atoms. The van der Waals surface area contributed by atoms with Crippen molar-refractivity contribution in [2.75, 3.05) is 6.61 Å². The lowest BCUT2D eigenvalue weighted by atomic mass is 9.97. The van der Waals surface area contributed by atoms with Gasteiger partial charge in [0.2, 0.25) is 11.7 Å². The fourth-order valence-electron chi connectivity index (χ4n) is 2.81. The van der Waals surface area contributed by atoms with Gasteiger partial charge in [-0.25, -0.2) is 0 Å². The number of amides is 1. The number of pyridine rings is 1. The van der Waals surface area contributed by atoms with Gasteiger partial charge in [-0.3, -0.25) is 9.78 Å². The van der Waals surface area contributed by atoms with Crippen LogP contribution in [0.1, 0.15) is 23.1 Å². The second-order valence-corrected chi connectivity index (χ2v) is 5.67. The maximum absolute atomic E-state index is 12.5. The Bertz CT molecular complexity index is 879. The van der Waals surface area contributed by atoms with Gasteiger partial charge >= 0.3 is 0 Å². The summed E-state index contributed by atoms with van der Waals surface area (Å²) in [4.78, 5) is 20.7. The Morgan fingerprint density at radius 2 is 2.04 bits per heavy atom. The SMILES string of the molecule is O=C(NCc1nc(-c2ccncc2)no1)C1OCCc2ccccc21. The van der Waals surface area contributed by atoms with Gasteiger partial charge in [-0.05, 0) is 29.7 Å². The third kappa shape index (κ3) is 3.27. The zero-order valence-electron chi connectivity index (χ0n) is 13.4. The van der Waals surface area contributed by atoms with Gasteiger partial charge < -0.3 is 14.6 Å². The number of benzene rings is 1. The van der Waals surface area contributed by atoms with E-state index in [-0.39, 0.29) is 12.5 Å². The van der Waals surface area contributed by atoms with E-state index in [9.17, 15) is 4.79 Å². The summed E-state index contributed by atoms with van der Waals surface area (Å²) in [6.07, 6.45) is 3.53. The maximum atomic E-state index is 12.5. The summed E-state index contributed by atoms with van der Waals surface area (Å²) < 4.78 is 10.8. The number of fused-ring (bicyclic) bond motifs is 1. The average molecular weight is 336 g/mol. The minimum Gasteiger partial charge on any atom is -0.363 e. The van der Waals surface area contributed by atoms with Crippen molar-refractivity contribution < 1.29 is 14.1 Å². The number of hydrogen-bond donors (Lipinski definition) is 1. The predicted molar refractivity (Wildman–Crippen MR) is 88.2 cm³/mol. The van der Waals surface area contributed by atoms with Crippen LogP contribution >= 0.6 is 0 Å². The first kappa shape index (κ1) is 15.5. The molecule has 0 bridgehead atoms. The highest BCUT2D eigenvalue weighted by atomic mass is 16.5. The Morgan fingerprint density at radius 1 is 1.20 bits per heavy atom. The zero-order valence-corrected chi connectivity index (χ0v) is 13.4. The zero-order chi connectivity index (χ0) is 17.1. The van der Waals surface area contributed by atoms with Crippen LogP contribution in [0.2, 0.25) is 0 Å². The summed E-state index contributed by atoms with van der Waals surface area (Å²) in [6.45, 7) is 0.681. The third-order valence-electron chi connectivity index (χ3n) is 4.05. The second kappa shape index (κ2) is 6.82. The van der Waals surface area contributed by atoms with Crippen molar-refractivity contribution in [1.29, 1.82) is 0 Å². The van der Waals surface area contributed by atoms with E-state index in [4.69, 9.17) is 9.26 Å². The van der Waals surface area contributed by atoms with Crippen LogP contribution in [0.5, 0.6) is 0 Å². The summed E-state index contributed by atoms with van der Waals surface area (Å²) >= 11 is 0. The van der Waals surface area contributed by atoms with Gasteiger partial charge in [0.15, 0.2) is 6.10 Å². The fourth-order valence-corrected chi connectivity index (χ4v) is 2.81. The molecule has 4 rings (SSSR count). The van der Waals surface area contributed by atoms with Crippen molar-refractivity contribution >= 4 is 5.91 Å². The predicted octanol–water partition coefficient (Wildman–Crippen LogP) is 2.06. The monoisotopic (exact) mass is 336 g/mol. The van der Waals surface area contributed by atoms with Gasteiger partial charge in [0.1, 0.15) is 0 Å². The number of nitrogens with one attached hydrogen (secondary N) is 1. The summed E-state index contributed by atoms with van der Waals surface area (Å²) in [5, 5.41) is 6.72. The van der Waals surface area contributed by atoms with E-state index >= 15 is 0 Å². The smallest absolute Gasteiger partial charge is 0.254 e. The second-order valence-electron chi connectivity index (χ2n) is 5.67. The Balaban J connectivity index is 1.42. The molecule has 0 radical (unpaired) electrons. The molecule has 1 atom stereocenters. The van der Waals surface area contributed by atoms with Gasteiger partial charge in [-0.15, -0.1) is 0 Å². The van der Waals surface area contributed by atoms with Gasteiger partial charge in [-0.2, -0.15) is 4.98 Å². The summed E-state index contributed by atoms with van der Waals surface area (Å²) in [6, 6.07) is 11.4. The first-order chi connectivity index (χ1) is 12.3. The summed E-state index contributed by atoms with van der Waals surface area (Å²) in [7, 11) is 0. The molecule has 0 saturated carbocycles. The van der Waals surface area contributed by atoms with Crippen LogP contribution in [0.4, 0.5) is 0 Å². The van der Waals surface area contributed by atoms with E-state index in [1.54, 1.807) is 24.5 Å². The van der Waals surface area contributed by atoms with E-state index in [0.717, 1.165) is 23.1 Å². The lowest BCUT2D eigenvalue weighted by Gasteiger charge is -2.24. The first-order valence-corrected chi connectivity index (χ1v) is 8.01. The minimum atomic E-state index is -0.604. The Labute approximate surface area is 144 Å². The maximum Gasteiger partial charge on any atom is 0.254 e. The van der Waals surface area contributed by atoms with Crippen molar-refractivity contribution in [3.05, 3.63) is 65.8 Å². The first-order valence-electron chi connectivity index (χ1n) is 8.01. The average Bonchev–Trinajstić information content (AvgIpc) is 3.15. The number of aromatic nitrogens is 3. The Morgan fingerprint density at radius 3 is 2.92 bits per heavy atom. The van der Waals surface area contributed by atoms with Gasteiger partial charge in [0, 0.05) is 18.0 Å².